The standard InChI is InChI=1S/C13H16O5/c1-3-4-17-13-5-7-8(6-13)18-11(14)9(7)10(13)12(15)16-2/h3-4,7-10H,5-6H2,1-2H3. The Morgan fingerprint density at radius 2 is 2.28 bits per heavy atom. The maximum atomic E-state index is 12.0. The van der Waals surface area contributed by atoms with Crippen LogP contribution in [-0.4, -0.2) is 30.8 Å². The Morgan fingerprint density at radius 3 is 2.94 bits per heavy atom. The molecule has 0 spiro atoms. The van der Waals surface area contributed by atoms with E-state index >= 15 is 0 Å². The summed E-state index contributed by atoms with van der Waals surface area (Å²) in [7, 11) is 1.34. The normalized spacial score (nSPS) is 44.4. The second kappa shape index (κ2) is 3.73. The van der Waals surface area contributed by atoms with Crippen molar-refractivity contribution >= 4 is 11.9 Å². The summed E-state index contributed by atoms with van der Waals surface area (Å²) in [5, 5.41) is 0. The topological polar surface area (TPSA) is 61.8 Å². The largest absolute Gasteiger partial charge is 0.494 e. The minimum Gasteiger partial charge on any atom is -0.494 e. The van der Waals surface area contributed by atoms with Crippen molar-refractivity contribution in [2.24, 2.45) is 17.8 Å². The molecule has 0 N–H and O–H groups in total. The van der Waals surface area contributed by atoms with E-state index < -0.39 is 11.5 Å². The zero-order chi connectivity index (χ0) is 12.9. The summed E-state index contributed by atoms with van der Waals surface area (Å²) in [5.74, 6) is -1.46. The molecule has 3 fully saturated rings. The van der Waals surface area contributed by atoms with Gasteiger partial charge in [0.1, 0.15) is 17.6 Å². The van der Waals surface area contributed by atoms with Crippen LogP contribution < -0.4 is 0 Å². The van der Waals surface area contributed by atoms with Gasteiger partial charge in [0, 0.05) is 12.3 Å². The van der Waals surface area contributed by atoms with Crippen molar-refractivity contribution < 1.29 is 23.8 Å². The van der Waals surface area contributed by atoms with Crippen LogP contribution in [0.2, 0.25) is 0 Å². The molecule has 98 valence electrons. The first kappa shape index (κ1) is 11.6. The van der Waals surface area contributed by atoms with Crippen LogP contribution in [0.3, 0.4) is 0 Å². The van der Waals surface area contributed by atoms with Gasteiger partial charge in [-0.3, -0.25) is 9.59 Å². The number of carbonyl (C=O) groups is 2. The monoisotopic (exact) mass is 252 g/mol. The minimum atomic E-state index is -0.619. The molecule has 5 heteroatoms. The molecule has 1 heterocycles. The molecule has 2 saturated carbocycles. The fraction of sp³-hybridized carbons (Fsp3) is 0.692. The van der Waals surface area contributed by atoms with Gasteiger partial charge in [0.15, 0.2) is 0 Å². The first-order chi connectivity index (χ1) is 8.63. The molecule has 2 bridgehead atoms. The third kappa shape index (κ3) is 1.27. The van der Waals surface area contributed by atoms with Crippen LogP contribution in [0.25, 0.3) is 0 Å². The Hall–Kier alpha value is -1.52. The first-order valence-electron chi connectivity index (χ1n) is 6.20. The first-order valence-corrected chi connectivity index (χ1v) is 6.20. The molecule has 5 atom stereocenters. The molecule has 1 saturated heterocycles. The maximum Gasteiger partial charge on any atom is 0.313 e. The molecule has 5 nitrogen and oxygen atoms in total. The lowest BCUT2D eigenvalue weighted by molar-refractivity contribution is -0.159. The Kier molecular flexibility index (Phi) is 2.40. The Balaban J connectivity index is 1.98. The summed E-state index contributed by atoms with van der Waals surface area (Å²) in [4.78, 5) is 23.8. The fourth-order valence-corrected chi connectivity index (χ4v) is 3.82. The molecule has 0 radical (unpaired) electrons. The van der Waals surface area contributed by atoms with Crippen LogP contribution in [-0.2, 0) is 23.8 Å². The number of hydrogen-bond acceptors (Lipinski definition) is 5. The van der Waals surface area contributed by atoms with Crippen molar-refractivity contribution in [3.63, 3.8) is 0 Å². The number of esters is 2. The predicted octanol–water partition coefficient (Wildman–Crippen LogP) is 1.03. The molecular weight excluding hydrogens is 236 g/mol. The van der Waals surface area contributed by atoms with Gasteiger partial charge in [0.2, 0.25) is 0 Å². The van der Waals surface area contributed by atoms with Crippen molar-refractivity contribution in [2.45, 2.75) is 31.5 Å². The third-order valence-electron chi connectivity index (χ3n) is 4.43. The minimum absolute atomic E-state index is 0.0892. The van der Waals surface area contributed by atoms with E-state index in [1.54, 1.807) is 12.3 Å². The van der Waals surface area contributed by atoms with E-state index in [9.17, 15) is 9.59 Å². The average Bonchev–Trinajstić information content (AvgIpc) is 2.92. The van der Waals surface area contributed by atoms with Crippen LogP contribution >= 0.6 is 0 Å². The molecule has 0 amide bonds. The van der Waals surface area contributed by atoms with Gasteiger partial charge in [0.05, 0.1) is 19.3 Å². The van der Waals surface area contributed by atoms with Crippen molar-refractivity contribution in [2.75, 3.05) is 7.11 Å². The number of carbonyl (C=O) groups excluding carboxylic acids is 2. The molecule has 3 rings (SSSR count). The Bertz CT molecular complexity index is 425. The quantitative estimate of drug-likeness (QED) is 0.554. The maximum absolute atomic E-state index is 12.0. The number of allylic oxidation sites excluding steroid dienone is 1. The second-order valence-electron chi connectivity index (χ2n) is 5.23. The van der Waals surface area contributed by atoms with Crippen LogP contribution in [0.5, 0.6) is 0 Å². The van der Waals surface area contributed by atoms with E-state index in [1.807, 2.05) is 6.92 Å². The highest BCUT2D eigenvalue weighted by Gasteiger charge is 2.73. The molecule has 0 aromatic carbocycles. The van der Waals surface area contributed by atoms with Crippen molar-refractivity contribution in [3.8, 4) is 0 Å². The zero-order valence-corrected chi connectivity index (χ0v) is 10.4. The van der Waals surface area contributed by atoms with Crippen LogP contribution in [0, 0.1) is 17.8 Å². The van der Waals surface area contributed by atoms with E-state index in [-0.39, 0.29) is 29.9 Å². The number of fused-ring (bicyclic) bond motifs is 1. The summed E-state index contributed by atoms with van der Waals surface area (Å²) in [5.41, 5.74) is -0.619. The highest BCUT2D eigenvalue weighted by Crippen LogP contribution is 2.61. The predicted molar refractivity (Wildman–Crippen MR) is 60.2 cm³/mol. The smallest absolute Gasteiger partial charge is 0.313 e. The van der Waals surface area contributed by atoms with E-state index in [2.05, 4.69) is 0 Å². The molecule has 1 aliphatic heterocycles. The van der Waals surface area contributed by atoms with Crippen molar-refractivity contribution in [1.29, 1.82) is 0 Å². The Morgan fingerprint density at radius 1 is 1.50 bits per heavy atom. The van der Waals surface area contributed by atoms with Gasteiger partial charge in [0.25, 0.3) is 0 Å². The van der Waals surface area contributed by atoms with Gasteiger partial charge in [-0.15, -0.1) is 0 Å². The summed E-state index contributed by atoms with van der Waals surface area (Å²) < 4.78 is 15.9. The lowest BCUT2D eigenvalue weighted by atomic mass is 9.77. The van der Waals surface area contributed by atoms with E-state index in [0.717, 1.165) is 0 Å². The SMILES string of the molecule is CC=COC12CC3OC(=O)C(C3C1)C2C(=O)OC. The van der Waals surface area contributed by atoms with Gasteiger partial charge >= 0.3 is 11.9 Å². The number of rotatable bonds is 3. The van der Waals surface area contributed by atoms with Gasteiger partial charge in [-0.25, -0.2) is 0 Å². The molecule has 3 aliphatic rings. The van der Waals surface area contributed by atoms with Crippen molar-refractivity contribution in [3.05, 3.63) is 12.3 Å². The van der Waals surface area contributed by atoms with E-state index in [4.69, 9.17) is 14.2 Å². The average molecular weight is 252 g/mol. The highest BCUT2D eigenvalue weighted by atomic mass is 16.6. The molecular formula is C13H16O5. The van der Waals surface area contributed by atoms with Crippen LogP contribution in [0.15, 0.2) is 12.3 Å². The summed E-state index contributed by atoms with van der Waals surface area (Å²) in [6.45, 7) is 1.85. The van der Waals surface area contributed by atoms with Gasteiger partial charge in [-0.05, 0) is 13.3 Å². The number of ether oxygens (including phenoxy) is 3. The second-order valence-corrected chi connectivity index (χ2v) is 5.23. The van der Waals surface area contributed by atoms with Crippen LogP contribution in [0.1, 0.15) is 19.8 Å². The van der Waals surface area contributed by atoms with E-state index in [0.29, 0.717) is 12.8 Å². The van der Waals surface area contributed by atoms with Crippen LogP contribution in [0.4, 0.5) is 0 Å². The molecule has 5 unspecified atom stereocenters. The molecule has 0 aromatic rings. The van der Waals surface area contributed by atoms with Gasteiger partial charge in [-0.2, -0.15) is 0 Å². The lowest BCUT2D eigenvalue weighted by Crippen LogP contribution is -2.45. The molecule has 18 heavy (non-hydrogen) atoms. The van der Waals surface area contributed by atoms with Crippen molar-refractivity contribution in [1.82, 2.24) is 0 Å². The summed E-state index contributed by atoms with van der Waals surface area (Å²) in [6.07, 6.45) is 4.56. The summed E-state index contributed by atoms with van der Waals surface area (Å²) >= 11 is 0. The molecule has 0 aromatic heterocycles. The zero-order valence-electron chi connectivity index (χ0n) is 10.4. The third-order valence-corrected chi connectivity index (χ3v) is 4.43. The lowest BCUT2D eigenvalue weighted by Gasteiger charge is -2.33. The highest BCUT2D eigenvalue weighted by molar-refractivity contribution is 5.86. The Labute approximate surface area is 105 Å². The molecule has 2 aliphatic carbocycles. The summed E-state index contributed by atoms with van der Waals surface area (Å²) in [6, 6.07) is 0. The van der Waals surface area contributed by atoms with Gasteiger partial charge < -0.3 is 14.2 Å². The fourth-order valence-electron chi connectivity index (χ4n) is 3.82. The van der Waals surface area contributed by atoms with Gasteiger partial charge in [-0.1, -0.05) is 6.08 Å². The number of methoxy groups -OCH3 is 1. The van der Waals surface area contributed by atoms with E-state index in [1.165, 1.54) is 7.11 Å². The number of hydrogen-bond donors (Lipinski definition) is 0.